The van der Waals surface area contributed by atoms with Crippen LogP contribution in [-0.4, -0.2) is 36.9 Å². The zero-order valence-electron chi connectivity index (χ0n) is 9.80. The molecule has 0 bridgehead atoms. The van der Waals surface area contributed by atoms with E-state index in [9.17, 15) is 13.2 Å². The summed E-state index contributed by atoms with van der Waals surface area (Å²) in [5.74, 6) is -0.162. The summed E-state index contributed by atoms with van der Waals surface area (Å²) in [6.45, 7) is 0.146. The van der Waals surface area contributed by atoms with Gasteiger partial charge in [-0.05, 0) is 25.0 Å². The van der Waals surface area contributed by atoms with E-state index in [4.69, 9.17) is 5.73 Å². The molecule has 0 aromatic carbocycles. The maximum atomic E-state index is 11.7. The molecular weight excluding hydrogens is 254 g/mol. The van der Waals surface area contributed by atoms with Gasteiger partial charge in [0.05, 0.1) is 22.9 Å². The predicted molar refractivity (Wildman–Crippen MR) is 67.8 cm³/mol. The predicted octanol–water partition coefficient (Wildman–Crippen LogP) is -0.0292. The minimum Gasteiger partial charge on any atom is -0.397 e. The van der Waals surface area contributed by atoms with E-state index in [1.807, 2.05) is 0 Å². The number of carbonyl (C=O) groups excluding carboxylic acids is 1. The van der Waals surface area contributed by atoms with E-state index in [1.165, 1.54) is 12.3 Å². The van der Waals surface area contributed by atoms with Crippen LogP contribution in [0.25, 0.3) is 0 Å². The number of pyridine rings is 1. The Labute approximate surface area is 106 Å². The molecule has 0 aliphatic carbocycles. The van der Waals surface area contributed by atoms with Crippen LogP contribution in [0.15, 0.2) is 18.3 Å². The Bertz CT molecular complexity index is 539. The van der Waals surface area contributed by atoms with Crippen LogP contribution in [0.1, 0.15) is 23.3 Å². The molecule has 0 spiro atoms. The second-order valence-corrected chi connectivity index (χ2v) is 6.72. The molecule has 6 nitrogen and oxygen atoms in total. The van der Waals surface area contributed by atoms with Gasteiger partial charge in [-0.3, -0.25) is 4.79 Å². The average molecular weight is 269 g/mol. The fourth-order valence-corrected chi connectivity index (χ4v) is 3.69. The van der Waals surface area contributed by atoms with Crippen molar-refractivity contribution in [3.8, 4) is 0 Å². The Morgan fingerprint density at radius 2 is 2.28 bits per heavy atom. The highest BCUT2D eigenvalue weighted by Crippen LogP contribution is 2.19. The van der Waals surface area contributed by atoms with E-state index >= 15 is 0 Å². The third-order valence-electron chi connectivity index (χ3n) is 2.97. The number of sulfone groups is 1. The molecule has 98 valence electrons. The maximum Gasteiger partial charge on any atom is 0.269 e. The van der Waals surface area contributed by atoms with Crippen LogP contribution in [0, 0.1) is 0 Å². The first kappa shape index (κ1) is 12.8. The first-order valence-corrected chi connectivity index (χ1v) is 7.42. The first-order chi connectivity index (χ1) is 8.49. The van der Waals surface area contributed by atoms with Crippen molar-refractivity contribution in [3.05, 3.63) is 24.0 Å². The number of amides is 1. The number of nitrogen functional groups attached to an aromatic ring is 1. The molecular formula is C11H15N3O3S. The summed E-state index contributed by atoms with van der Waals surface area (Å²) in [5, 5.41) is 2.13. The van der Waals surface area contributed by atoms with Crippen LogP contribution in [0.4, 0.5) is 5.69 Å². The molecule has 0 radical (unpaired) electrons. The number of hydrogen-bond donors (Lipinski definition) is 2. The molecule has 1 aromatic rings. The van der Waals surface area contributed by atoms with Crippen LogP contribution in [0.2, 0.25) is 0 Å². The normalized spacial score (nSPS) is 21.7. The lowest BCUT2D eigenvalue weighted by Crippen LogP contribution is -2.34. The number of nitrogens with two attached hydrogens (primary N) is 1. The Morgan fingerprint density at radius 1 is 1.50 bits per heavy atom. The third-order valence-corrected chi connectivity index (χ3v) is 5.25. The van der Waals surface area contributed by atoms with Crippen molar-refractivity contribution in [2.45, 2.75) is 18.1 Å². The SMILES string of the molecule is Nc1ccc(C(=O)NCC2CCCS2(=O)=O)nc1. The summed E-state index contributed by atoms with van der Waals surface area (Å²) >= 11 is 0. The molecule has 1 unspecified atom stereocenters. The van der Waals surface area contributed by atoms with Crippen LogP contribution in [0.5, 0.6) is 0 Å². The molecule has 7 heteroatoms. The van der Waals surface area contributed by atoms with Crippen LogP contribution in [-0.2, 0) is 9.84 Å². The van der Waals surface area contributed by atoms with Gasteiger partial charge in [-0.1, -0.05) is 0 Å². The number of rotatable bonds is 3. The van der Waals surface area contributed by atoms with Gasteiger partial charge in [-0.25, -0.2) is 13.4 Å². The highest BCUT2D eigenvalue weighted by atomic mass is 32.2. The molecule has 3 N–H and O–H groups in total. The molecule has 1 atom stereocenters. The van der Waals surface area contributed by atoms with E-state index in [0.717, 1.165) is 0 Å². The molecule has 2 rings (SSSR count). The van der Waals surface area contributed by atoms with Gasteiger partial charge in [0.25, 0.3) is 5.91 Å². The minimum absolute atomic E-state index is 0.146. The van der Waals surface area contributed by atoms with Crippen molar-refractivity contribution in [2.24, 2.45) is 0 Å². The number of aromatic nitrogens is 1. The van der Waals surface area contributed by atoms with Crippen molar-refractivity contribution in [3.63, 3.8) is 0 Å². The van der Waals surface area contributed by atoms with Crippen molar-refractivity contribution in [2.75, 3.05) is 18.0 Å². The largest absolute Gasteiger partial charge is 0.397 e. The molecule has 1 aromatic heterocycles. The van der Waals surface area contributed by atoms with Gasteiger partial charge in [0, 0.05) is 6.54 Å². The molecule has 0 saturated carbocycles. The summed E-state index contributed by atoms with van der Waals surface area (Å²) in [6, 6.07) is 3.09. The Hall–Kier alpha value is -1.63. The lowest BCUT2D eigenvalue weighted by molar-refractivity contribution is 0.0948. The second kappa shape index (κ2) is 4.93. The molecule has 1 aliphatic heterocycles. The fourth-order valence-electron chi connectivity index (χ4n) is 1.92. The van der Waals surface area contributed by atoms with Crippen molar-refractivity contribution in [1.29, 1.82) is 0 Å². The number of carbonyl (C=O) groups is 1. The Morgan fingerprint density at radius 3 is 2.83 bits per heavy atom. The maximum absolute atomic E-state index is 11.7. The Kier molecular flexibility index (Phi) is 3.51. The number of nitrogens with one attached hydrogen (secondary N) is 1. The summed E-state index contributed by atoms with van der Waals surface area (Å²) in [5.41, 5.74) is 6.17. The van der Waals surface area contributed by atoms with Gasteiger partial charge >= 0.3 is 0 Å². The van der Waals surface area contributed by atoms with E-state index in [-0.39, 0.29) is 23.9 Å². The standard InChI is InChI=1S/C11H15N3O3S/c12-8-3-4-10(13-6-8)11(15)14-7-9-2-1-5-18(9,16)17/h3-4,6,9H,1-2,5,7,12H2,(H,14,15). The molecule has 1 aliphatic rings. The van der Waals surface area contributed by atoms with E-state index < -0.39 is 15.1 Å². The zero-order valence-corrected chi connectivity index (χ0v) is 10.6. The summed E-state index contributed by atoms with van der Waals surface area (Å²) in [7, 11) is -3.03. The Balaban J connectivity index is 1.95. The molecule has 18 heavy (non-hydrogen) atoms. The van der Waals surface area contributed by atoms with Crippen LogP contribution in [0.3, 0.4) is 0 Å². The quantitative estimate of drug-likeness (QED) is 0.802. The van der Waals surface area contributed by atoms with E-state index in [0.29, 0.717) is 18.5 Å². The highest BCUT2D eigenvalue weighted by molar-refractivity contribution is 7.92. The lowest BCUT2D eigenvalue weighted by Gasteiger charge is -2.10. The molecule has 2 heterocycles. The fraction of sp³-hybridized carbons (Fsp3) is 0.455. The highest BCUT2D eigenvalue weighted by Gasteiger charge is 2.31. The minimum atomic E-state index is -3.03. The summed E-state index contributed by atoms with van der Waals surface area (Å²) < 4.78 is 23.1. The topological polar surface area (TPSA) is 102 Å². The lowest BCUT2D eigenvalue weighted by atomic mass is 10.2. The van der Waals surface area contributed by atoms with E-state index in [1.54, 1.807) is 6.07 Å². The molecule has 1 fully saturated rings. The van der Waals surface area contributed by atoms with Crippen LogP contribution >= 0.6 is 0 Å². The first-order valence-electron chi connectivity index (χ1n) is 5.70. The van der Waals surface area contributed by atoms with Crippen molar-refractivity contribution < 1.29 is 13.2 Å². The number of hydrogen-bond acceptors (Lipinski definition) is 5. The van der Waals surface area contributed by atoms with Crippen molar-refractivity contribution in [1.82, 2.24) is 10.3 Å². The van der Waals surface area contributed by atoms with Gasteiger partial charge in [-0.2, -0.15) is 0 Å². The van der Waals surface area contributed by atoms with Gasteiger partial charge in [-0.15, -0.1) is 0 Å². The zero-order chi connectivity index (χ0) is 13.2. The summed E-state index contributed by atoms with van der Waals surface area (Å²) in [4.78, 5) is 15.6. The van der Waals surface area contributed by atoms with Crippen LogP contribution < -0.4 is 11.1 Å². The molecule has 1 saturated heterocycles. The second-order valence-electron chi connectivity index (χ2n) is 4.32. The van der Waals surface area contributed by atoms with Gasteiger partial charge in [0.2, 0.25) is 0 Å². The monoisotopic (exact) mass is 269 g/mol. The van der Waals surface area contributed by atoms with Gasteiger partial charge in [0.1, 0.15) is 5.69 Å². The van der Waals surface area contributed by atoms with E-state index in [2.05, 4.69) is 10.3 Å². The van der Waals surface area contributed by atoms with Crippen molar-refractivity contribution >= 4 is 21.4 Å². The number of nitrogens with zero attached hydrogens (tertiary/aromatic N) is 1. The average Bonchev–Trinajstić information content (AvgIpc) is 2.66. The number of anilines is 1. The summed E-state index contributed by atoms with van der Waals surface area (Å²) in [6.07, 6.45) is 2.67. The van der Waals surface area contributed by atoms with Gasteiger partial charge < -0.3 is 11.1 Å². The smallest absolute Gasteiger partial charge is 0.269 e. The van der Waals surface area contributed by atoms with Gasteiger partial charge in [0.15, 0.2) is 9.84 Å². The third kappa shape index (κ3) is 2.79. The molecule has 1 amide bonds.